The maximum absolute atomic E-state index is 11.2. The van der Waals surface area contributed by atoms with E-state index in [1.165, 1.54) is 6.92 Å². The third-order valence-electron chi connectivity index (χ3n) is 1.94. The van der Waals surface area contributed by atoms with Crippen molar-refractivity contribution in [3.63, 3.8) is 0 Å². The van der Waals surface area contributed by atoms with Crippen molar-refractivity contribution in [2.45, 2.75) is 13.8 Å². The molecule has 0 atom stereocenters. The first-order valence-corrected chi connectivity index (χ1v) is 6.21. The van der Waals surface area contributed by atoms with E-state index in [1.54, 1.807) is 31.2 Å². The molecule has 0 amide bonds. The standard InChI is InChI=1S/C10H13NO3S/c1-3-15(13,14)11-10-6-4-9(5-7-10)8(2)12/h4-7,11H,3H2,1-2H3. The van der Waals surface area contributed by atoms with Gasteiger partial charge in [-0.1, -0.05) is 0 Å². The number of sulfonamides is 1. The van der Waals surface area contributed by atoms with Gasteiger partial charge in [-0.05, 0) is 38.1 Å². The topological polar surface area (TPSA) is 63.2 Å². The van der Waals surface area contributed by atoms with Gasteiger partial charge in [-0.25, -0.2) is 8.42 Å². The number of hydrogen-bond donors (Lipinski definition) is 1. The van der Waals surface area contributed by atoms with E-state index in [1.807, 2.05) is 0 Å². The smallest absolute Gasteiger partial charge is 0.232 e. The van der Waals surface area contributed by atoms with E-state index in [2.05, 4.69) is 4.72 Å². The molecular weight excluding hydrogens is 214 g/mol. The summed E-state index contributed by atoms with van der Waals surface area (Å²) in [6.07, 6.45) is 0. The molecule has 0 heterocycles. The van der Waals surface area contributed by atoms with Crippen molar-refractivity contribution >= 4 is 21.5 Å². The van der Waals surface area contributed by atoms with Crippen LogP contribution in [0, 0.1) is 0 Å². The van der Waals surface area contributed by atoms with Crippen LogP contribution in [0.1, 0.15) is 24.2 Å². The van der Waals surface area contributed by atoms with Crippen LogP contribution in [-0.2, 0) is 10.0 Å². The van der Waals surface area contributed by atoms with Crippen LogP contribution in [0.5, 0.6) is 0 Å². The molecule has 5 heteroatoms. The third-order valence-corrected chi connectivity index (χ3v) is 3.25. The van der Waals surface area contributed by atoms with Gasteiger partial charge in [-0.2, -0.15) is 0 Å². The Morgan fingerprint density at radius 2 is 1.80 bits per heavy atom. The van der Waals surface area contributed by atoms with Gasteiger partial charge in [0.1, 0.15) is 0 Å². The molecule has 1 N–H and O–H groups in total. The van der Waals surface area contributed by atoms with Gasteiger partial charge in [0.05, 0.1) is 5.75 Å². The molecule has 0 bridgehead atoms. The zero-order valence-electron chi connectivity index (χ0n) is 8.65. The molecule has 0 fully saturated rings. The van der Waals surface area contributed by atoms with Crippen molar-refractivity contribution in [1.29, 1.82) is 0 Å². The second kappa shape index (κ2) is 4.44. The average molecular weight is 227 g/mol. The highest BCUT2D eigenvalue weighted by molar-refractivity contribution is 7.92. The Morgan fingerprint density at radius 3 is 2.20 bits per heavy atom. The first-order chi connectivity index (χ1) is 6.94. The molecule has 1 rings (SSSR count). The Hall–Kier alpha value is -1.36. The summed E-state index contributed by atoms with van der Waals surface area (Å²) in [5.74, 6) is -0.0125. The predicted molar refractivity (Wildman–Crippen MR) is 59.5 cm³/mol. The van der Waals surface area contributed by atoms with Crippen LogP contribution in [0.25, 0.3) is 0 Å². The summed E-state index contributed by atoms with van der Waals surface area (Å²) < 4.78 is 24.8. The Morgan fingerprint density at radius 1 is 1.27 bits per heavy atom. The normalized spacial score (nSPS) is 11.1. The third kappa shape index (κ3) is 3.36. The molecule has 0 aliphatic heterocycles. The van der Waals surface area contributed by atoms with E-state index >= 15 is 0 Å². The van der Waals surface area contributed by atoms with Gasteiger partial charge in [0.2, 0.25) is 10.0 Å². The number of hydrogen-bond acceptors (Lipinski definition) is 3. The molecule has 4 nitrogen and oxygen atoms in total. The lowest BCUT2D eigenvalue weighted by atomic mass is 10.1. The average Bonchev–Trinajstić information content (AvgIpc) is 2.18. The summed E-state index contributed by atoms with van der Waals surface area (Å²) in [6.45, 7) is 3.03. The molecule has 0 aliphatic carbocycles. The summed E-state index contributed by atoms with van der Waals surface area (Å²) >= 11 is 0. The highest BCUT2D eigenvalue weighted by Gasteiger charge is 2.06. The molecular formula is C10H13NO3S. The fourth-order valence-electron chi connectivity index (χ4n) is 1.02. The molecule has 0 saturated heterocycles. The van der Waals surface area contributed by atoms with E-state index in [4.69, 9.17) is 0 Å². The minimum atomic E-state index is -3.24. The van der Waals surface area contributed by atoms with E-state index in [-0.39, 0.29) is 11.5 Å². The highest BCUT2D eigenvalue weighted by atomic mass is 32.2. The highest BCUT2D eigenvalue weighted by Crippen LogP contribution is 2.11. The molecule has 1 aromatic carbocycles. The van der Waals surface area contributed by atoms with E-state index < -0.39 is 10.0 Å². The van der Waals surface area contributed by atoms with Gasteiger partial charge >= 0.3 is 0 Å². The number of ketones is 1. The van der Waals surface area contributed by atoms with Crippen LogP contribution in [0.15, 0.2) is 24.3 Å². The first kappa shape index (κ1) is 11.7. The SMILES string of the molecule is CCS(=O)(=O)Nc1ccc(C(C)=O)cc1. The molecule has 82 valence electrons. The minimum absolute atomic E-state index is 0.0292. The first-order valence-electron chi connectivity index (χ1n) is 4.56. The van der Waals surface area contributed by atoms with Gasteiger partial charge in [0.15, 0.2) is 5.78 Å². The Labute approximate surface area is 89.4 Å². The summed E-state index contributed by atoms with van der Waals surface area (Å²) in [5, 5.41) is 0. The van der Waals surface area contributed by atoms with Crippen LogP contribution in [-0.4, -0.2) is 20.0 Å². The number of anilines is 1. The maximum Gasteiger partial charge on any atom is 0.232 e. The van der Waals surface area contributed by atoms with Crippen LogP contribution >= 0.6 is 0 Å². The van der Waals surface area contributed by atoms with Gasteiger partial charge in [-0.3, -0.25) is 9.52 Å². The van der Waals surface area contributed by atoms with Gasteiger partial charge in [-0.15, -0.1) is 0 Å². The lowest BCUT2D eigenvalue weighted by Gasteiger charge is -2.05. The van der Waals surface area contributed by atoms with E-state index in [0.29, 0.717) is 11.3 Å². The lowest BCUT2D eigenvalue weighted by Crippen LogP contribution is -2.14. The molecule has 0 unspecified atom stereocenters. The summed E-state index contributed by atoms with van der Waals surface area (Å²) in [7, 11) is -3.24. The number of Topliss-reactive ketones (excluding diaryl/α,β-unsaturated/α-hetero) is 1. The monoisotopic (exact) mass is 227 g/mol. The van der Waals surface area contributed by atoms with Crippen molar-refractivity contribution in [3.8, 4) is 0 Å². The number of carbonyl (C=O) groups is 1. The van der Waals surface area contributed by atoms with Crippen LogP contribution in [0.4, 0.5) is 5.69 Å². The van der Waals surface area contributed by atoms with Crippen LogP contribution in [0.2, 0.25) is 0 Å². The van der Waals surface area contributed by atoms with Crippen molar-refractivity contribution < 1.29 is 13.2 Å². The zero-order valence-corrected chi connectivity index (χ0v) is 9.47. The van der Waals surface area contributed by atoms with Gasteiger partial charge in [0.25, 0.3) is 0 Å². The van der Waals surface area contributed by atoms with Crippen LogP contribution < -0.4 is 4.72 Å². The van der Waals surface area contributed by atoms with Gasteiger partial charge in [0, 0.05) is 11.3 Å². The summed E-state index contributed by atoms with van der Waals surface area (Å²) in [5.41, 5.74) is 1.04. The summed E-state index contributed by atoms with van der Waals surface area (Å²) in [4.78, 5) is 11.0. The molecule has 1 aromatic rings. The summed E-state index contributed by atoms with van der Waals surface area (Å²) in [6, 6.07) is 6.33. The molecule has 0 saturated carbocycles. The fraction of sp³-hybridized carbons (Fsp3) is 0.300. The quantitative estimate of drug-likeness (QED) is 0.795. The van der Waals surface area contributed by atoms with Crippen molar-refractivity contribution in [2.24, 2.45) is 0 Å². The maximum atomic E-state index is 11.2. The molecule has 0 aliphatic rings. The lowest BCUT2D eigenvalue weighted by molar-refractivity contribution is 0.101. The molecule has 15 heavy (non-hydrogen) atoms. The predicted octanol–water partition coefficient (Wildman–Crippen LogP) is 1.65. The molecule has 0 radical (unpaired) electrons. The second-order valence-electron chi connectivity index (χ2n) is 3.14. The van der Waals surface area contributed by atoms with Gasteiger partial charge < -0.3 is 0 Å². The largest absolute Gasteiger partial charge is 0.295 e. The number of benzene rings is 1. The molecule has 0 aromatic heterocycles. The Kier molecular flexibility index (Phi) is 3.47. The zero-order chi connectivity index (χ0) is 11.5. The Bertz CT molecular complexity index is 448. The van der Waals surface area contributed by atoms with Crippen LogP contribution in [0.3, 0.4) is 0 Å². The number of nitrogens with one attached hydrogen (secondary N) is 1. The number of carbonyl (C=O) groups excluding carboxylic acids is 1. The number of rotatable bonds is 4. The fourth-order valence-corrected chi connectivity index (χ4v) is 1.66. The van der Waals surface area contributed by atoms with Crippen molar-refractivity contribution in [1.82, 2.24) is 0 Å². The molecule has 0 spiro atoms. The van der Waals surface area contributed by atoms with Crippen molar-refractivity contribution in [2.75, 3.05) is 10.5 Å². The minimum Gasteiger partial charge on any atom is -0.295 e. The van der Waals surface area contributed by atoms with E-state index in [0.717, 1.165) is 0 Å². The van der Waals surface area contributed by atoms with Crippen molar-refractivity contribution in [3.05, 3.63) is 29.8 Å². The second-order valence-corrected chi connectivity index (χ2v) is 5.15. The van der Waals surface area contributed by atoms with E-state index in [9.17, 15) is 13.2 Å². The Balaban J connectivity index is 2.86.